The lowest BCUT2D eigenvalue weighted by Crippen LogP contribution is -2.50. The third-order valence-electron chi connectivity index (χ3n) is 6.77. The first kappa shape index (κ1) is 25.8. The minimum Gasteiger partial charge on any atom is -0.486 e. The number of aliphatic hydroxyl groups excluding tert-OH is 1. The van der Waals surface area contributed by atoms with E-state index in [1.165, 1.54) is 32.1 Å². The summed E-state index contributed by atoms with van der Waals surface area (Å²) in [6.45, 7) is 5.82. The van der Waals surface area contributed by atoms with E-state index in [9.17, 15) is 18.3 Å². The van der Waals surface area contributed by atoms with Crippen LogP contribution in [0.4, 0.5) is 5.69 Å². The van der Waals surface area contributed by atoms with E-state index in [2.05, 4.69) is 16.7 Å². The van der Waals surface area contributed by atoms with Crippen LogP contribution in [0.1, 0.15) is 56.3 Å². The normalized spacial score (nSPS) is 23.5. The SMILES string of the molecule is C[C@@H]1CN([C@H](C)CO)C(=O)c2cccc(NS(C)(=O)=O)c2O[C@H]1CN(C)CC1CCCCC1. The molecule has 3 atom stereocenters. The standard InChI is InChI=1S/C24H39N3O5S/c1-17-13-27(18(2)16-28)24(29)20-11-8-12-21(25-33(4,30)31)23(20)32-22(17)15-26(3)14-19-9-6-5-7-10-19/h8,11-12,17-19,22,25,28H,5-7,9-10,13-16H2,1-4H3/t17-,18-,22+/m1/s1. The molecule has 1 aromatic carbocycles. The van der Waals surface area contributed by atoms with Gasteiger partial charge in [0, 0.05) is 25.6 Å². The van der Waals surface area contributed by atoms with E-state index in [1.54, 1.807) is 23.1 Å². The second-order valence-electron chi connectivity index (χ2n) is 9.90. The molecule has 8 nitrogen and oxygen atoms in total. The van der Waals surface area contributed by atoms with E-state index in [0.717, 1.165) is 12.8 Å². The highest BCUT2D eigenvalue weighted by Gasteiger charge is 2.35. The molecular weight excluding hydrogens is 442 g/mol. The first-order chi connectivity index (χ1) is 15.6. The van der Waals surface area contributed by atoms with Crippen molar-refractivity contribution in [2.45, 2.75) is 58.1 Å². The molecule has 1 saturated carbocycles. The molecule has 1 fully saturated rings. The van der Waals surface area contributed by atoms with Gasteiger partial charge in [0.1, 0.15) is 6.10 Å². The first-order valence-corrected chi connectivity index (χ1v) is 13.9. The van der Waals surface area contributed by atoms with Crippen LogP contribution >= 0.6 is 0 Å². The van der Waals surface area contributed by atoms with Crippen LogP contribution in [0.15, 0.2) is 18.2 Å². The highest BCUT2D eigenvalue weighted by Crippen LogP contribution is 2.35. The monoisotopic (exact) mass is 481 g/mol. The molecule has 1 amide bonds. The van der Waals surface area contributed by atoms with Gasteiger partial charge in [-0.2, -0.15) is 0 Å². The maximum Gasteiger partial charge on any atom is 0.258 e. The van der Waals surface area contributed by atoms with Crippen molar-refractivity contribution in [3.63, 3.8) is 0 Å². The Morgan fingerprint density at radius 2 is 1.94 bits per heavy atom. The topological polar surface area (TPSA) is 99.2 Å². The summed E-state index contributed by atoms with van der Waals surface area (Å²) < 4.78 is 32.9. The molecule has 0 bridgehead atoms. The Morgan fingerprint density at radius 3 is 2.58 bits per heavy atom. The van der Waals surface area contributed by atoms with E-state index in [0.29, 0.717) is 24.6 Å². The Bertz CT molecular complexity index is 917. The van der Waals surface area contributed by atoms with Crippen LogP contribution in [0.25, 0.3) is 0 Å². The minimum absolute atomic E-state index is 0.0174. The number of hydrogen-bond donors (Lipinski definition) is 2. The number of carbonyl (C=O) groups excluding carboxylic acids is 1. The number of hydrogen-bond acceptors (Lipinski definition) is 6. The van der Waals surface area contributed by atoms with Crippen LogP contribution in [-0.4, -0.2) is 80.9 Å². The van der Waals surface area contributed by atoms with Crippen molar-refractivity contribution in [1.82, 2.24) is 9.80 Å². The molecule has 1 aliphatic heterocycles. The lowest BCUT2D eigenvalue weighted by Gasteiger charge is -2.39. The van der Waals surface area contributed by atoms with Gasteiger partial charge in [0.05, 0.1) is 30.2 Å². The Labute approximate surface area is 198 Å². The Morgan fingerprint density at radius 1 is 1.24 bits per heavy atom. The second kappa shape index (κ2) is 11.1. The average Bonchev–Trinajstić information content (AvgIpc) is 2.75. The fourth-order valence-corrected chi connectivity index (χ4v) is 5.49. The van der Waals surface area contributed by atoms with Crippen molar-refractivity contribution in [3.8, 4) is 5.75 Å². The van der Waals surface area contributed by atoms with Crippen LogP contribution in [0, 0.1) is 11.8 Å². The minimum atomic E-state index is -3.56. The molecule has 1 aromatic rings. The van der Waals surface area contributed by atoms with Gasteiger partial charge in [-0.1, -0.05) is 32.3 Å². The number of para-hydroxylation sites is 1. The van der Waals surface area contributed by atoms with Crippen molar-refractivity contribution >= 4 is 21.6 Å². The molecule has 0 saturated heterocycles. The smallest absolute Gasteiger partial charge is 0.258 e. The van der Waals surface area contributed by atoms with Gasteiger partial charge in [-0.15, -0.1) is 0 Å². The average molecular weight is 482 g/mol. The third kappa shape index (κ3) is 6.83. The van der Waals surface area contributed by atoms with Gasteiger partial charge in [-0.05, 0) is 44.9 Å². The number of amides is 1. The summed E-state index contributed by atoms with van der Waals surface area (Å²) in [4.78, 5) is 17.4. The van der Waals surface area contributed by atoms with Crippen LogP contribution in [0.3, 0.4) is 0 Å². The third-order valence-corrected chi connectivity index (χ3v) is 7.36. The summed E-state index contributed by atoms with van der Waals surface area (Å²) in [5.74, 6) is 0.654. The Hall–Kier alpha value is -1.84. The lowest BCUT2D eigenvalue weighted by atomic mass is 9.89. The van der Waals surface area contributed by atoms with Crippen molar-refractivity contribution in [2.75, 3.05) is 44.3 Å². The fraction of sp³-hybridized carbons (Fsp3) is 0.708. The van der Waals surface area contributed by atoms with Gasteiger partial charge >= 0.3 is 0 Å². The predicted molar refractivity (Wildman–Crippen MR) is 130 cm³/mol. The summed E-state index contributed by atoms with van der Waals surface area (Å²) in [5.41, 5.74) is 0.560. The van der Waals surface area contributed by atoms with Crippen LogP contribution < -0.4 is 9.46 Å². The van der Waals surface area contributed by atoms with Gasteiger partial charge in [0.15, 0.2) is 5.75 Å². The van der Waals surface area contributed by atoms with Crippen LogP contribution in [-0.2, 0) is 10.0 Å². The van der Waals surface area contributed by atoms with Crippen LogP contribution in [0.5, 0.6) is 5.75 Å². The number of anilines is 1. The zero-order valence-electron chi connectivity index (χ0n) is 20.3. The summed E-state index contributed by atoms with van der Waals surface area (Å²) in [7, 11) is -1.46. The van der Waals surface area contributed by atoms with E-state index in [-0.39, 0.29) is 42.0 Å². The summed E-state index contributed by atoms with van der Waals surface area (Å²) in [6.07, 6.45) is 7.25. The largest absolute Gasteiger partial charge is 0.486 e. The van der Waals surface area contributed by atoms with Gasteiger partial charge in [-0.3, -0.25) is 9.52 Å². The molecule has 0 radical (unpaired) electrons. The van der Waals surface area contributed by atoms with Crippen molar-refractivity contribution in [2.24, 2.45) is 11.8 Å². The van der Waals surface area contributed by atoms with Crippen molar-refractivity contribution in [3.05, 3.63) is 23.8 Å². The summed E-state index contributed by atoms with van der Waals surface area (Å²) in [5, 5.41) is 9.78. The van der Waals surface area contributed by atoms with Gasteiger partial charge in [0.25, 0.3) is 5.91 Å². The summed E-state index contributed by atoms with van der Waals surface area (Å²) >= 11 is 0. The maximum absolute atomic E-state index is 13.4. The molecule has 2 aliphatic rings. The number of rotatable bonds is 8. The van der Waals surface area contributed by atoms with Gasteiger partial charge in [-0.25, -0.2) is 8.42 Å². The van der Waals surface area contributed by atoms with E-state index >= 15 is 0 Å². The molecule has 0 aromatic heterocycles. The van der Waals surface area contributed by atoms with Crippen LogP contribution in [0.2, 0.25) is 0 Å². The second-order valence-corrected chi connectivity index (χ2v) is 11.7. The Balaban J connectivity index is 1.92. The highest BCUT2D eigenvalue weighted by molar-refractivity contribution is 7.92. The first-order valence-electron chi connectivity index (χ1n) is 12.0. The van der Waals surface area contributed by atoms with E-state index in [1.807, 2.05) is 13.8 Å². The number of carbonyl (C=O) groups is 1. The molecule has 2 N–H and O–H groups in total. The molecule has 9 heteroatoms. The molecule has 33 heavy (non-hydrogen) atoms. The number of fused-ring (bicyclic) bond motifs is 1. The number of aliphatic hydroxyl groups is 1. The highest BCUT2D eigenvalue weighted by atomic mass is 32.2. The van der Waals surface area contributed by atoms with Crippen molar-refractivity contribution in [1.29, 1.82) is 0 Å². The molecule has 186 valence electrons. The molecule has 0 spiro atoms. The maximum atomic E-state index is 13.4. The molecule has 0 unspecified atom stereocenters. The molecule has 1 aliphatic carbocycles. The fourth-order valence-electron chi connectivity index (χ4n) is 4.93. The molecular formula is C24H39N3O5S. The lowest BCUT2D eigenvalue weighted by molar-refractivity contribution is 0.0333. The zero-order chi connectivity index (χ0) is 24.2. The van der Waals surface area contributed by atoms with Crippen molar-refractivity contribution < 1.29 is 23.1 Å². The number of likely N-dealkylation sites (N-methyl/N-ethyl adjacent to an activating group) is 1. The van der Waals surface area contributed by atoms with E-state index < -0.39 is 10.0 Å². The quantitative estimate of drug-likeness (QED) is 0.592. The number of nitrogens with zero attached hydrogens (tertiary/aromatic N) is 2. The number of sulfonamides is 1. The molecule has 3 rings (SSSR count). The molecule has 1 heterocycles. The number of nitrogens with one attached hydrogen (secondary N) is 1. The number of ether oxygens (including phenoxy) is 1. The zero-order valence-corrected chi connectivity index (χ0v) is 21.1. The number of benzene rings is 1. The predicted octanol–water partition coefficient (Wildman–Crippen LogP) is 2.79. The van der Waals surface area contributed by atoms with E-state index in [4.69, 9.17) is 4.74 Å². The van der Waals surface area contributed by atoms with Gasteiger partial charge in [0.2, 0.25) is 10.0 Å². The van der Waals surface area contributed by atoms with Gasteiger partial charge < -0.3 is 19.6 Å². The summed E-state index contributed by atoms with van der Waals surface area (Å²) in [6, 6.07) is 4.55. The Kier molecular flexibility index (Phi) is 8.64.